The molecule has 1 saturated heterocycles. The van der Waals surface area contributed by atoms with Crippen LogP contribution in [-0.2, 0) is 6.54 Å². The van der Waals surface area contributed by atoms with Gasteiger partial charge in [0.2, 0.25) is 5.95 Å². The molecule has 0 bridgehead atoms. The van der Waals surface area contributed by atoms with Crippen molar-refractivity contribution in [2.24, 2.45) is 10.7 Å². The number of nitrogens with zero attached hydrogens (tertiary/aromatic N) is 7. The topological polar surface area (TPSA) is 88.5 Å². The van der Waals surface area contributed by atoms with E-state index >= 15 is 0 Å². The van der Waals surface area contributed by atoms with E-state index in [1.54, 1.807) is 24.9 Å². The van der Waals surface area contributed by atoms with Gasteiger partial charge in [-0.2, -0.15) is 0 Å². The second-order valence-electron chi connectivity index (χ2n) is 5.06. The molecule has 0 spiro atoms. The van der Waals surface area contributed by atoms with Gasteiger partial charge in [0.15, 0.2) is 5.96 Å². The predicted molar refractivity (Wildman–Crippen MR) is 84.5 cm³/mol. The van der Waals surface area contributed by atoms with Crippen LogP contribution in [0.15, 0.2) is 42.2 Å². The van der Waals surface area contributed by atoms with Gasteiger partial charge in [-0.05, 0) is 6.07 Å². The Morgan fingerprint density at radius 2 is 1.91 bits per heavy atom. The lowest BCUT2D eigenvalue weighted by Crippen LogP contribution is -2.51. The molecule has 8 heteroatoms. The lowest BCUT2D eigenvalue weighted by Gasteiger charge is -2.35. The Morgan fingerprint density at radius 1 is 1.14 bits per heavy atom. The molecule has 0 saturated carbocycles. The van der Waals surface area contributed by atoms with Crippen LogP contribution in [0.3, 0.4) is 0 Å². The van der Waals surface area contributed by atoms with Crippen LogP contribution in [0.2, 0.25) is 0 Å². The zero-order valence-electron chi connectivity index (χ0n) is 12.4. The number of guanidine groups is 1. The van der Waals surface area contributed by atoms with Crippen molar-refractivity contribution < 1.29 is 0 Å². The largest absolute Gasteiger partial charge is 0.370 e. The number of imidazole rings is 1. The van der Waals surface area contributed by atoms with E-state index in [1.165, 1.54) is 0 Å². The molecule has 0 radical (unpaired) electrons. The Hall–Kier alpha value is -2.64. The predicted octanol–water partition coefficient (Wildman–Crippen LogP) is -0.190. The fraction of sp³-hybridized carbons (Fsp3) is 0.429. The van der Waals surface area contributed by atoms with Gasteiger partial charge in [-0.1, -0.05) is 0 Å². The van der Waals surface area contributed by atoms with Crippen LogP contribution in [-0.4, -0.2) is 63.1 Å². The van der Waals surface area contributed by atoms with Crippen molar-refractivity contribution in [2.45, 2.75) is 6.54 Å². The first-order valence-electron chi connectivity index (χ1n) is 7.35. The Labute approximate surface area is 129 Å². The first-order chi connectivity index (χ1) is 10.8. The van der Waals surface area contributed by atoms with Gasteiger partial charge in [0.05, 0.1) is 12.9 Å². The summed E-state index contributed by atoms with van der Waals surface area (Å²) in [7, 11) is 0. The highest BCUT2D eigenvalue weighted by atomic mass is 15.4. The van der Waals surface area contributed by atoms with E-state index in [1.807, 2.05) is 16.8 Å². The summed E-state index contributed by atoms with van der Waals surface area (Å²) in [6.07, 6.45) is 8.99. The fourth-order valence-corrected chi connectivity index (χ4v) is 2.39. The Kier molecular flexibility index (Phi) is 4.47. The number of anilines is 1. The molecule has 1 aliphatic rings. The molecule has 0 aliphatic carbocycles. The minimum absolute atomic E-state index is 0.605. The van der Waals surface area contributed by atoms with E-state index in [-0.39, 0.29) is 0 Å². The van der Waals surface area contributed by atoms with E-state index < -0.39 is 0 Å². The highest BCUT2D eigenvalue weighted by Gasteiger charge is 2.19. The number of hydrogen-bond donors (Lipinski definition) is 1. The summed E-state index contributed by atoms with van der Waals surface area (Å²) in [6, 6.07) is 1.82. The van der Waals surface area contributed by atoms with Gasteiger partial charge >= 0.3 is 0 Å². The van der Waals surface area contributed by atoms with Gasteiger partial charge in [0.1, 0.15) is 0 Å². The molecule has 0 amide bonds. The van der Waals surface area contributed by atoms with Crippen molar-refractivity contribution in [1.82, 2.24) is 24.4 Å². The van der Waals surface area contributed by atoms with Crippen molar-refractivity contribution in [3.63, 3.8) is 0 Å². The quantitative estimate of drug-likeness (QED) is 0.622. The summed E-state index contributed by atoms with van der Waals surface area (Å²) in [5.74, 6) is 1.38. The molecule has 116 valence electrons. The molecule has 0 unspecified atom stereocenters. The Morgan fingerprint density at radius 3 is 2.59 bits per heavy atom. The first-order valence-corrected chi connectivity index (χ1v) is 7.35. The molecule has 22 heavy (non-hydrogen) atoms. The number of aliphatic imine (C=N–C) groups is 1. The van der Waals surface area contributed by atoms with Crippen molar-refractivity contribution in [3.8, 4) is 0 Å². The third kappa shape index (κ3) is 3.51. The van der Waals surface area contributed by atoms with Crippen LogP contribution in [0.4, 0.5) is 5.95 Å². The van der Waals surface area contributed by atoms with E-state index in [0.717, 1.165) is 38.7 Å². The van der Waals surface area contributed by atoms with Gasteiger partial charge in [0, 0.05) is 57.5 Å². The molecule has 0 atom stereocenters. The molecular weight excluding hydrogens is 280 g/mol. The summed E-state index contributed by atoms with van der Waals surface area (Å²) in [5, 5.41) is 0. The minimum Gasteiger partial charge on any atom is -0.370 e. The standard InChI is InChI=1S/C14H20N8/c15-13(17-5-7-20-6-4-16-12-20)21-8-10-22(11-9-21)14-18-2-1-3-19-14/h1-4,6,12H,5,7-11H2,(H2,15,17). The average Bonchev–Trinajstić information content (AvgIpc) is 3.09. The number of nitrogens with two attached hydrogens (primary N) is 1. The van der Waals surface area contributed by atoms with E-state index in [2.05, 4.69) is 29.7 Å². The Bertz CT molecular complexity index is 587. The molecule has 2 N–H and O–H groups in total. The number of hydrogen-bond acceptors (Lipinski definition) is 5. The molecule has 8 nitrogen and oxygen atoms in total. The fourth-order valence-electron chi connectivity index (χ4n) is 2.39. The van der Waals surface area contributed by atoms with E-state index in [9.17, 15) is 0 Å². The number of aromatic nitrogens is 4. The highest BCUT2D eigenvalue weighted by Crippen LogP contribution is 2.09. The van der Waals surface area contributed by atoms with E-state index in [0.29, 0.717) is 12.5 Å². The zero-order valence-corrected chi connectivity index (χ0v) is 12.4. The van der Waals surface area contributed by atoms with Gasteiger partial charge in [-0.3, -0.25) is 4.99 Å². The van der Waals surface area contributed by atoms with Crippen molar-refractivity contribution in [1.29, 1.82) is 0 Å². The molecular formula is C14H20N8. The molecule has 1 aliphatic heterocycles. The molecule has 2 aromatic rings. The molecule has 0 aromatic carbocycles. The molecule has 3 rings (SSSR count). The number of rotatable bonds is 4. The smallest absolute Gasteiger partial charge is 0.225 e. The molecule has 2 aromatic heterocycles. The van der Waals surface area contributed by atoms with Crippen LogP contribution in [0.5, 0.6) is 0 Å². The molecule has 3 heterocycles. The third-order valence-corrected chi connectivity index (χ3v) is 3.63. The summed E-state index contributed by atoms with van der Waals surface area (Å²) in [4.78, 5) is 21.3. The van der Waals surface area contributed by atoms with Crippen molar-refractivity contribution in [2.75, 3.05) is 37.6 Å². The van der Waals surface area contributed by atoms with Crippen molar-refractivity contribution in [3.05, 3.63) is 37.2 Å². The van der Waals surface area contributed by atoms with E-state index in [4.69, 9.17) is 5.73 Å². The second-order valence-corrected chi connectivity index (χ2v) is 5.06. The van der Waals surface area contributed by atoms with Crippen molar-refractivity contribution >= 4 is 11.9 Å². The Balaban J connectivity index is 1.48. The van der Waals surface area contributed by atoms with Crippen LogP contribution in [0, 0.1) is 0 Å². The van der Waals surface area contributed by atoms with Crippen LogP contribution >= 0.6 is 0 Å². The highest BCUT2D eigenvalue weighted by molar-refractivity contribution is 5.78. The van der Waals surface area contributed by atoms with Gasteiger partial charge < -0.3 is 20.1 Å². The molecule has 1 fully saturated rings. The second kappa shape index (κ2) is 6.88. The number of piperazine rings is 1. The lowest BCUT2D eigenvalue weighted by atomic mass is 10.3. The normalized spacial score (nSPS) is 16.1. The lowest BCUT2D eigenvalue weighted by molar-refractivity contribution is 0.378. The summed E-state index contributed by atoms with van der Waals surface area (Å²) in [6.45, 7) is 4.81. The maximum absolute atomic E-state index is 6.07. The van der Waals surface area contributed by atoms with Crippen LogP contribution in [0.25, 0.3) is 0 Å². The summed E-state index contributed by atoms with van der Waals surface area (Å²) < 4.78 is 1.99. The van der Waals surface area contributed by atoms with Gasteiger partial charge in [-0.25, -0.2) is 15.0 Å². The SMILES string of the molecule is NC(=NCCn1ccnc1)N1CCN(c2ncccn2)CC1. The average molecular weight is 300 g/mol. The minimum atomic E-state index is 0.605. The van der Waals surface area contributed by atoms with Crippen LogP contribution in [0.1, 0.15) is 0 Å². The monoisotopic (exact) mass is 300 g/mol. The summed E-state index contributed by atoms with van der Waals surface area (Å²) >= 11 is 0. The first kappa shape index (κ1) is 14.3. The van der Waals surface area contributed by atoms with Gasteiger partial charge in [-0.15, -0.1) is 0 Å². The van der Waals surface area contributed by atoms with Gasteiger partial charge in [0.25, 0.3) is 0 Å². The zero-order chi connectivity index (χ0) is 15.2. The summed E-state index contributed by atoms with van der Waals surface area (Å²) in [5.41, 5.74) is 6.07. The van der Waals surface area contributed by atoms with Crippen LogP contribution < -0.4 is 10.6 Å². The third-order valence-electron chi connectivity index (χ3n) is 3.63. The maximum atomic E-state index is 6.07. The maximum Gasteiger partial charge on any atom is 0.225 e.